The molecule has 0 saturated carbocycles. The number of pyridine rings is 1. The van der Waals surface area contributed by atoms with Crippen LogP contribution in [0.2, 0.25) is 10.0 Å². The summed E-state index contributed by atoms with van der Waals surface area (Å²) in [6.07, 6.45) is 3.67. The Morgan fingerprint density at radius 1 is 1.17 bits per heavy atom. The van der Waals surface area contributed by atoms with Crippen LogP contribution in [-0.4, -0.2) is 10.1 Å². The zero-order valence-corrected chi connectivity index (χ0v) is 17.4. The zero-order chi connectivity index (χ0) is 21.0. The van der Waals surface area contributed by atoms with E-state index in [4.69, 9.17) is 43.1 Å². The Kier molecular flexibility index (Phi) is 4.73. The van der Waals surface area contributed by atoms with E-state index in [0.29, 0.717) is 26.9 Å². The second-order valence-corrected chi connectivity index (χ2v) is 8.29. The van der Waals surface area contributed by atoms with Crippen LogP contribution in [0.4, 0.5) is 5.69 Å². The highest BCUT2D eigenvalue weighted by atomic mass is 35.5. The zero-order valence-electron chi connectivity index (χ0n) is 15.9. The van der Waals surface area contributed by atoms with E-state index in [1.807, 2.05) is 0 Å². The monoisotopic (exact) mass is 444 g/mol. The quantitative estimate of drug-likeness (QED) is 0.469. The van der Waals surface area contributed by atoms with Crippen molar-refractivity contribution in [2.24, 2.45) is 0 Å². The number of ether oxygens (including phenoxy) is 1. The molecule has 3 N–H and O–H groups in total. The topological polar surface area (TPSA) is 98.6 Å². The molecule has 2 aromatic heterocycles. The van der Waals surface area contributed by atoms with Gasteiger partial charge >= 0.3 is 0 Å². The van der Waals surface area contributed by atoms with Crippen LogP contribution in [0.25, 0.3) is 0 Å². The van der Waals surface area contributed by atoms with E-state index in [2.05, 4.69) is 0 Å². The SMILES string of the molecule is Nc1c2c(nc3c1C(c1c(Cl)cccc1Cl)c1oc(CO)cc(=O)c1O3)CCCC2. The summed E-state index contributed by atoms with van der Waals surface area (Å²) < 4.78 is 11.8. The molecule has 1 atom stereocenters. The van der Waals surface area contributed by atoms with Crippen LogP contribution in [0.1, 0.15) is 52.7 Å². The molecule has 1 aromatic carbocycles. The molecule has 8 heteroatoms. The Labute approximate surface area is 182 Å². The van der Waals surface area contributed by atoms with E-state index < -0.39 is 18.0 Å². The average molecular weight is 445 g/mol. The lowest BCUT2D eigenvalue weighted by Crippen LogP contribution is -2.23. The molecule has 3 heterocycles. The molecule has 1 unspecified atom stereocenters. The molecular weight excluding hydrogens is 427 g/mol. The summed E-state index contributed by atoms with van der Waals surface area (Å²) in [6.45, 7) is -0.434. The molecule has 1 aliphatic heterocycles. The summed E-state index contributed by atoms with van der Waals surface area (Å²) >= 11 is 13.1. The molecule has 0 bridgehead atoms. The summed E-state index contributed by atoms with van der Waals surface area (Å²) in [5, 5.41) is 10.4. The van der Waals surface area contributed by atoms with Crippen LogP contribution < -0.4 is 15.9 Å². The van der Waals surface area contributed by atoms with Gasteiger partial charge < -0.3 is 20.0 Å². The van der Waals surface area contributed by atoms with Crippen molar-refractivity contribution in [2.45, 2.75) is 38.2 Å². The van der Waals surface area contributed by atoms with Gasteiger partial charge in [0.1, 0.15) is 12.4 Å². The molecule has 30 heavy (non-hydrogen) atoms. The van der Waals surface area contributed by atoms with Crippen LogP contribution in [0.5, 0.6) is 11.6 Å². The minimum absolute atomic E-state index is 0.00310. The summed E-state index contributed by atoms with van der Waals surface area (Å²) in [5.74, 6) is -0.0975. The number of aromatic nitrogens is 1. The Morgan fingerprint density at radius 3 is 2.63 bits per heavy atom. The first-order valence-corrected chi connectivity index (χ1v) is 10.5. The lowest BCUT2D eigenvalue weighted by Gasteiger charge is -2.31. The maximum absolute atomic E-state index is 12.8. The van der Waals surface area contributed by atoms with Gasteiger partial charge in [0.2, 0.25) is 17.1 Å². The van der Waals surface area contributed by atoms with E-state index in [-0.39, 0.29) is 23.1 Å². The van der Waals surface area contributed by atoms with Gasteiger partial charge in [-0.15, -0.1) is 0 Å². The molecule has 1 aliphatic carbocycles. The predicted molar refractivity (Wildman–Crippen MR) is 114 cm³/mol. The summed E-state index contributed by atoms with van der Waals surface area (Å²) in [6, 6.07) is 6.38. The van der Waals surface area contributed by atoms with Crippen LogP contribution in [-0.2, 0) is 19.4 Å². The smallest absolute Gasteiger partial charge is 0.228 e. The molecule has 2 aliphatic rings. The number of halogens is 2. The van der Waals surface area contributed by atoms with Crippen LogP contribution >= 0.6 is 23.2 Å². The third-order valence-electron chi connectivity index (χ3n) is 5.70. The van der Waals surface area contributed by atoms with Gasteiger partial charge in [0.25, 0.3) is 0 Å². The summed E-state index contributed by atoms with van der Waals surface area (Å²) in [5.41, 5.74) is 9.79. The Hall–Kier alpha value is -2.54. The standard InChI is InChI=1S/C22H18Cl2N2O4/c23-12-5-3-6-13(24)16(12)17-18-19(25)11-4-1-2-7-14(11)26-22(18)30-20-15(28)8-10(9-27)29-21(17)20/h3,5-6,8,17,27H,1-2,4,7,9H2,(H2,25,26). The number of aliphatic hydroxyl groups is 1. The fourth-order valence-electron chi connectivity index (χ4n) is 4.33. The normalized spacial score (nSPS) is 17.0. The third-order valence-corrected chi connectivity index (χ3v) is 6.35. The highest BCUT2D eigenvalue weighted by Gasteiger charge is 2.39. The lowest BCUT2D eigenvalue weighted by atomic mass is 9.83. The van der Waals surface area contributed by atoms with Gasteiger partial charge in [-0.3, -0.25) is 4.79 Å². The Balaban J connectivity index is 1.87. The van der Waals surface area contributed by atoms with Gasteiger partial charge in [-0.25, -0.2) is 4.98 Å². The van der Waals surface area contributed by atoms with E-state index in [9.17, 15) is 9.90 Å². The Morgan fingerprint density at radius 2 is 1.90 bits per heavy atom. The lowest BCUT2D eigenvalue weighted by molar-refractivity contribution is 0.233. The van der Waals surface area contributed by atoms with Gasteiger partial charge in [0.15, 0.2) is 5.76 Å². The number of nitrogens with two attached hydrogens (primary N) is 1. The Bertz CT molecular complexity index is 1220. The van der Waals surface area contributed by atoms with Crippen LogP contribution in [0.3, 0.4) is 0 Å². The average Bonchev–Trinajstić information content (AvgIpc) is 2.73. The number of fused-ring (bicyclic) bond motifs is 3. The molecule has 0 saturated heterocycles. The third kappa shape index (κ3) is 2.90. The van der Waals surface area contributed by atoms with E-state index in [1.54, 1.807) is 18.2 Å². The number of hydrogen-bond acceptors (Lipinski definition) is 6. The second-order valence-electron chi connectivity index (χ2n) is 7.48. The summed E-state index contributed by atoms with van der Waals surface area (Å²) in [4.78, 5) is 17.5. The van der Waals surface area contributed by atoms with Crippen LogP contribution in [0.15, 0.2) is 33.5 Å². The number of hydrogen-bond donors (Lipinski definition) is 2. The van der Waals surface area contributed by atoms with Gasteiger partial charge in [-0.2, -0.15) is 0 Å². The van der Waals surface area contributed by atoms with E-state index in [0.717, 1.165) is 36.9 Å². The first-order chi connectivity index (χ1) is 14.5. The fourth-order valence-corrected chi connectivity index (χ4v) is 4.94. The van der Waals surface area contributed by atoms with Crippen molar-refractivity contribution in [3.8, 4) is 11.6 Å². The van der Waals surface area contributed by atoms with Crippen molar-refractivity contribution in [3.05, 3.63) is 78.4 Å². The molecule has 5 rings (SSSR count). The first-order valence-electron chi connectivity index (χ1n) is 9.70. The minimum atomic E-state index is -0.691. The van der Waals surface area contributed by atoms with Gasteiger partial charge in [-0.05, 0) is 43.4 Å². The molecular formula is C22H18Cl2N2O4. The molecule has 0 radical (unpaired) electrons. The number of rotatable bonds is 2. The molecule has 6 nitrogen and oxygen atoms in total. The van der Waals surface area contributed by atoms with Crippen molar-refractivity contribution in [3.63, 3.8) is 0 Å². The maximum atomic E-state index is 12.8. The maximum Gasteiger partial charge on any atom is 0.228 e. The number of aryl methyl sites for hydroxylation is 1. The van der Waals surface area contributed by atoms with Crippen molar-refractivity contribution >= 4 is 28.9 Å². The number of nitrogen functional groups attached to an aromatic ring is 1. The highest BCUT2D eigenvalue weighted by molar-refractivity contribution is 6.36. The summed E-state index contributed by atoms with van der Waals surface area (Å²) in [7, 11) is 0. The molecule has 154 valence electrons. The van der Waals surface area contributed by atoms with E-state index >= 15 is 0 Å². The molecule has 0 amide bonds. The van der Waals surface area contributed by atoms with Crippen LogP contribution in [0, 0.1) is 0 Å². The molecule has 0 fully saturated rings. The highest BCUT2D eigenvalue weighted by Crippen LogP contribution is 2.52. The molecule has 0 spiro atoms. The second kappa shape index (κ2) is 7.30. The van der Waals surface area contributed by atoms with Crippen molar-refractivity contribution < 1.29 is 14.3 Å². The van der Waals surface area contributed by atoms with Crippen molar-refractivity contribution in [1.29, 1.82) is 0 Å². The molecule has 3 aromatic rings. The predicted octanol–water partition coefficient (Wildman–Crippen LogP) is 4.58. The number of benzene rings is 1. The van der Waals surface area contributed by atoms with Crippen molar-refractivity contribution in [2.75, 3.05) is 5.73 Å². The minimum Gasteiger partial charge on any atom is -0.458 e. The fraction of sp³-hybridized carbons (Fsp3) is 0.273. The van der Waals surface area contributed by atoms with Crippen molar-refractivity contribution in [1.82, 2.24) is 4.98 Å². The van der Waals surface area contributed by atoms with E-state index in [1.165, 1.54) is 6.07 Å². The van der Waals surface area contributed by atoms with Gasteiger partial charge in [0, 0.05) is 33.1 Å². The largest absolute Gasteiger partial charge is 0.458 e. The first kappa shape index (κ1) is 19.4. The number of anilines is 1. The van der Waals surface area contributed by atoms with Gasteiger partial charge in [0.05, 0.1) is 11.5 Å². The number of nitrogens with zero attached hydrogens (tertiary/aromatic N) is 1. The van der Waals surface area contributed by atoms with Gasteiger partial charge in [-0.1, -0.05) is 29.3 Å². The number of aliphatic hydroxyl groups excluding tert-OH is 1.